The first-order valence-corrected chi connectivity index (χ1v) is 6.57. The zero-order chi connectivity index (χ0) is 14.7. The van der Waals surface area contributed by atoms with Crippen LogP contribution in [0.2, 0.25) is 0 Å². The molecular weight excluding hydrogens is 252 g/mol. The number of carbonyl (C=O) groups is 1. The van der Waals surface area contributed by atoms with E-state index in [0.29, 0.717) is 0 Å². The summed E-state index contributed by atoms with van der Waals surface area (Å²) in [5, 5.41) is 20.1. The summed E-state index contributed by atoms with van der Waals surface area (Å²) in [5.41, 5.74) is 0. The van der Waals surface area contributed by atoms with Gasteiger partial charge in [-0.05, 0) is 34.6 Å². The van der Waals surface area contributed by atoms with Gasteiger partial charge >= 0.3 is 0 Å². The third-order valence-electron chi connectivity index (χ3n) is 2.78. The molecule has 2 unspecified atom stereocenters. The van der Waals surface area contributed by atoms with Crippen LogP contribution in [0.4, 0.5) is 0 Å². The van der Waals surface area contributed by atoms with Crippen molar-refractivity contribution >= 4 is 5.78 Å². The van der Waals surface area contributed by atoms with E-state index < -0.39 is 30.7 Å². The van der Waals surface area contributed by atoms with Crippen LogP contribution in [-0.4, -0.2) is 58.9 Å². The van der Waals surface area contributed by atoms with Crippen LogP contribution in [0.5, 0.6) is 0 Å². The molecule has 0 spiro atoms. The SMILES string of the molecule is CC(=O)C1O[C@H](OC(C)C)[C@@H](O)C(O)[C@H]1OC(C)C. The summed E-state index contributed by atoms with van der Waals surface area (Å²) in [7, 11) is 0. The highest BCUT2D eigenvalue weighted by atomic mass is 16.7. The van der Waals surface area contributed by atoms with Crippen LogP contribution in [0.1, 0.15) is 34.6 Å². The van der Waals surface area contributed by atoms with E-state index in [2.05, 4.69) is 0 Å². The molecule has 19 heavy (non-hydrogen) atoms. The van der Waals surface area contributed by atoms with Gasteiger partial charge in [0.15, 0.2) is 12.1 Å². The van der Waals surface area contributed by atoms with Gasteiger partial charge in [0.05, 0.1) is 12.2 Å². The first-order chi connectivity index (χ1) is 8.73. The average molecular weight is 276 g/mol. The van der Waals surface area contributed by atoms with Crippen LogP contribution in [0.15, 0.2) is 0 Å². The Hall–Kier alpha value is -0.530. The maximum Gasteiger partial charge on any atom is 0.187 e. The van der Waals surface area contributed by atoms with E-state index in [1.807, 2.05) is 0 Å². The third-order valence-corrected chi connectivity index (χ3v) is 2.78. The number of aliphatic hydroxyl groups excluding tert-OH is 2. The van der Waals surface area contributed by atoms with E-state index in [4.69, 9.17) is 14.2 Å². The Morgan fingerprint density at radius 1 is 1.05 bits per heavy atom. The molecule has 112 valence electrons. The molecule has 0 bridgehead atoms. The van der Waals surface area contributed by atoms with Crippen molar-refractivity contribution in [1.29, 1.82) is 0 Å². The Labute approximate surface area is 113 Å². The molecule has 2 N–H and O–H groups in total. The Morgan fingerprint density at radius 3 is 2.00 bits per heavy atom. The molecule has 1 fully saturated rings. The predicted molar refractivity (Wildman–Crippen MR) is 67.6 cm³/mol. The molecule has 1 saturated heterocycles. The first kappa shape index (κ1) is 16.5. The minimum atomic E-state index is -1.25. The number of aliphatic hydroxyl groups is 2. The summed E-state index contributed by atoms with van der Waals surface area (Å²) in [6, 6.07) is 0. The van der Waals surface area contributed by atoms with E-state index in [0.717, 1.165) is 0 Å². The lowest BCUT2D eigenvalue weighted by atomic mass is 9.96. The summed E-state index contributed by atoms with van der Waals surface area (Å²) < 4.78 is 16.3. The molecule has 1 rings (SSSR count). The smallest absolute Gasteiger partial charge is 0.187 e. The van der Waals surface area contributed by atoms with Crippen LogP contribution in [0.25, 0.3) is 0 Å². The van der Waals surface area contributed by atoms with Gasteiger partial charge in [0.2, 0.25) is 0 Å². The molecule has 0 aromatic carbocycles. The van der Waals surface area contributed by atoms with Gasteiger partial charge in [-0.3, -0.25) is 4.79 Å². The highest BCUT2D eigenvalue weighted by Gasteiger charge is 2.48. The summed E-state index contributed by atoms with van der Waals surface area (Å²) >= 11 is 0. The maximum absolute atomic E-state index is 11.6. The lowest BCUT2D eigenvalue weighted by Gasteiger charge is -2.42. The zero-order valence-corrected chi connectivity index (χ0v) is 12.1. The molecule has 6 heteroatoms. The van der Waals surface area contributed by atoms with Crippen LogP contribution < -0.4 is 0 Å². The van der Waals surface area contributed by atoms with Gasteiger partial charge in [-0.2, -0.15) is 0 Å². The monoisotopic (exact) mass is 276 g/mol. The standard InChI is InChI=1S/C13H24O6/c1-6(2)17-12-9(15)10(16)13(18-7(3)4)19-11(12)8(5)14/h6-7,9-13,15-16H,1-5H3/t9?,10-,11?,12+,13-/m0/s1. The average Bonchev–Trinajstić information content (AvgIpc) is 2.27. The second-order valence-corrected chi connectivity index (χ2v) is 5.35. The van der Waals surface area contributed by atoms with Gasteiger partial charge in [0.25, 0.3) is 0 Å². The first-order valence-electron chi connectivity index (χ1n) is 6.57. The van der Waals surface area contributed by atoms with Gasteiger partial charge < -0.3 is 24.4 Å². The van der Waals surface area contributed by atoms with Crippen molar-refractivity contribution in [2.75, 3.05) is 0 Å². The molecule has 0 aliphatic carbocycles. The summed E-state index contributed by atoms with van der Waals surface area (Å²) in [5.74, 6) is -0.269. The van der Waals surface area contributed by atoms with Crippen LogP contribution in [-0.2, 0) is 19.0 Å². The number of hydrogen-bond acceptors (Lipinski definition) is 6. The molecule has 0 radical (unpaired) electrons. The lowest BCUT2D eigenvalue weighted by molar-refractivity contribution is -0.306. The highest BCUT2D eigenvalue weighted by molar-refractivity contribution is 5.81. The molecule has 0 aromatic heterocycles. The number of rotatable bonds is 5. The number of ether oxygens (including phenoxy) is 3. The molecule has 1 aliphatic rings. The van der Waals surface area contributed by atoms with Gasteiger partial charge in [-0.1, -0.05) is 0 Å². The largest absolute Gasteiger partial charge is 0.387 e. The second-order valence-electron chi connectivity index (χ2n) is 5.35. The number of hydrogen-bond donors (Lipinski definition) is 2. The fraction of sp³-hybridized carbons (Fsp3) is 0.923. The van der Waals surface area contributed by atoms with Crippen molar-refractivity contribution in [2.24, 2.45) is 0 Å². The Balaban J connectivity index is 2.87. The van der Waals surface area contributed by atoms with Crippen LogP contribution >= 0.6 is 0 Å². The summed E-state index contributed by atoms with van der Waals surface area (Å²) in [6.07, 6.45) is -5.72. The fourth-order valence-corrected chi connectivity index (χ4v) is 2.01. The van der Waals surface area contributed by atoms with Gasteiger partial charge in [0, 0.05) is 0 Å². The summed E-state index contributed by atoms with van der Waals surface area (Å²) in [6.45, 7) is 8.49. The maximum atomic E-state index is 11.6. The van der Waals surface area contributed by atoms with Crippen molar-refractivity contribution in [3.63, 3.8) is 0 Å². The minimum absolute atomic E-state index is 0.193. The third kappa shape index (κ3) is 4.22. The number of ketones is 1. The Kier molecular flexibility index (Phi) is 5.88. The quantitative estimate of drug-likeness (QED) is 0.748. The van der Waals surface area contributed by atoms with Crippen molar-refractivity contribution in [3.05, 3.63) is 0 Å². The van der Waals surface area contributed by atoms with E-state index in [9.17, 15) is 15.0 Å². The van der Waals surface area contributed by atoms with E-state index in [-0.39, 0.29) is 18.0 Å². The topological polar surface area (TPSA) is 85.2 Å². The Morgan fingerprint density at radius 2 is 1.58 bits per heavy atom. The second kappa shape index (κ2) is 6.76. The van der Waals surface area contributed by atoms with Gasteiger partial charge in [0.1, 0.15) is 24.4 Å². The molecule has 0 aromatic rings. The van der Waals surface area contributed by atoms with Gasteiger partial charge in [-0.25, -0.2) is 0 Å². The molecule has 6 nitrogen and oxygen atoms in total. The molecule has 0 saturated carbocycles. The van der Waals surface area contributed by atoms with E-state index in [1.165, 1.54) is 6.92 Å². The number of carbonyl (C=O) groups excluding carboxylic acids is 1. The normalized spacial score (nSPS) is 35.9. The molecule has 1 heterocycles. The van der Waals surface area contributed by atoms with Crippen LogP contribution in [0.3, 0.4) is 0 Å². The molecular formula is C13H24O6. The predicted octanol–water partition coefficient (Wildman–Crippen LogP) is 0.241. The van der Waals surface area contributed by atoms with Gasteiger partial charge in [-0.15, -0.1) is 0 Å². The number of Topliss-reactive ketones (excluding diaryl/α,β-unsaturated/α-hetero) is 1. The van der Waals surface area contributed by atoms with Crippen molar-refractivity contribution < 1.29 is 29.2 Å². The Bertz CT molecular complexity index is 304. The van der Waals surface area contributed by atoms with Crippen molar-refractivity contribution in [3.8, 4) is 0 Å². The molecule has 0 amide bonds. The highest BCUT2D eigenvalue weighted by Crippen LogP contribution is 2.26. The summed E-state index contributed by atoms with van der Waals surface area (Å²) in [4.78, 5) is 11.6. The lowest BCUT2D eigenvalue weighted by Crippen LogP contribution is -2.61. The van der Waals surface area contributed by atoms with Crippen molar-refractivity contribution in [1.82, 2.24) is 0 Å². The van der Waals surface area contributed by atoms with E-state index in [1.54, 1.807) is 27.7 Å². The minimum Gasteiger partial charge on any atom is -0.387 e. The van der Waals surface area contributed by atoms with Crippen molar-refractivity contribution in [2.45, 2.75) is 77.5 Å². The molecule has 5 atom stereocenters. The van der Waals surface area contributed by atoms with Crippen LogP contribution in [0, 0.1) is 0 Å². The van der Waals surface area contributed by atoms with E-state index >= 15 is 0 Å². The molecule has 1 aliphatic heterocycles. The zero-order valence-electron chi connectivity index (χ0n) is 12.1. The fourth-order valence-electron chi connectivity index (χ4n) is 2.01.